The van der Waals surface area contributed by atoms with Gasteiger partial charge in [-0.3, -0.25) is 19.3 Å². The first-order chi connectivity index (χ1) is 12.0. The smallest absolute Gasteiger partial charge is 0.246 e. The normalized spacial score (nSPS) is 22.5. The molecule has 4 rings (SSSR count). The summed E-state index contributed by atoms with van der Waals surface area (Å²) in [5, 5.41) is 3.68. The number of rotatable bonds is 3. The van der Waals surface area contributed by atoms with Crippen LogP contribution >= 0.6 is 22.9 Å². The average molecular weight is 376 g/mol. The lowest BCUT2D eigenvalue weighted by Crippen LogP contribution is -2.38. The molecule has 1 fully saturated rings. The highest BCUT2D eigenvalue weighted by Crippen LogP contribution is 2.35. The molecule has 1 N–H and O–H groups in total. The summed E-state index contributed by atoms with van der Waals surface area (Å²) in [5.74, 6) is -1.60. The van der Waals surface area contributed by atoms with Crippen molar-refractivity contribution >= 4 is 56.0 Å². The lowest BCUT2D eigenvalue weighted by Gasteiger charge is -2.14. The minimum atomic E-state index is -0.432. The Kier molecular flexibility index (Phi) is 4.05. The number of nitrogens with zero attached hydrogens (tertiary/aromatic N) is 2. The fourth-order valence-corrected chi connectivity index (χ4v) is 4.44. The first-order valence-electron chi connectivity index (χ1n) is 7.89. The molecule has 0 radical (unpaired) electrons. The van der Waals surface area contributed by atoms with Crippen LogP contribution in [-0.4, -0.2) is 34.2 Å². The molecule has 1 aromatic heterocycles. The van der Waals surface area contributed by atoms with E-state index in [-0.39, 0.29) is 30.2 Å². The van der Waals surface area contributed by atoms with Gasteiger partial charge in [0, 0.05) is 5.02 Å². The maximum absolute atomic E-state index is 12.4. The van der Waals surface area contributed by atoms with E-state index < -0.39 is 5.91 Å². The minimum Gasteiger partial charge on any atom is -0.300 e. The predicted molar refractivity (Wildman–Crippen MR) is 95.3 cm³/mol. The molecule has 1 aromatic carbocycles. The second kappa shape index (κ2) is 6.24. The van der Waals surface area contributed by atoms with E-state index in [1.807, 2.05) is 12.2 Å². The number of imide groups is 1. The van der Waals surface area contributed by atoms with Crippen molar-refractivity contribution in [1.82, 2.24) is 9.88 Å². The summed E-state index contributed by atoms with van der Waals surface area (Å²) in [5.41, 5.74) is 0.732. The van der Waals surface area contributed by atoms with Gasteiger partial charge in [0.1, 0.15) is 6.54 Å². The van der Waals surface area contributed by atoms with Gasteiger partial charge < -0.3 is 5.32 Å². The molecule has 0 bridgehead atoms. The van der Waals surface area contributed by atoms with Crippen LogP contribution in [0, 0.1) is 11.8 Å². The number of fused-ring (bicyclic) bond motifs is 2. The highest BCUT2D eigenvalue weighted by atomic mass is 35.5. The van der Waals surface area contributed by atoms with E-state index in [1.54, 1.807) is 18.2 Å². The van der Waals surface area contributed by atoms with Crippen LogP contribution in [0.25, 0.3) is 10.2 Å². The van der Waals surface area contributed by atoms with E-state index in [2.05, 4.69) is 10.3 Å². The van der Waals surface area contributed by atoms with Gasteiger partial charge in [0.05, 0.1) is 22.1 Å². The molecule has 2 atom stereocenters. The molecule has 2 aliphatic rings. The van der Waals surface area contributed by atoms with Crippen LogP contribution < -0.4 is 5.32 Å². The number of hydrogen-bond acceptors (Lipinski definition) is 5. The highest BCUT2D eigenvalue weighted by Gasteiger charge is 2.47. The Morgan fingerprint density at radius 3 is 2.60 bits per heavy atom. The van der Waals surface area contributed by atoms with Crippen molar-refractivity contribution in [3.05, 3.63) is 35.4 Å². The maximum Gasteiger partial charge on any atom is 0.246 e. The van der Waals surface area contributed by atoms with Gasteiger partial charge in [0.15, 0.2) is 5.13 Å². The minimum absolute atomic E-state index is 0.259. The van der Waals surface area contributed by atoms with Gasteiger partial charge in [0.2, 0.25) is 17.7 Å². The Morgan fingerprint density at radius 1 is 1.24 bits per heavy atom. The zero-order valence-corrected chi connectivity index (χ0v) is 14.6. The molecule has 0 saturated carbocycles. The number of carbonyl (C=O) groups is 3. The summed E-state index contributed by atoms with van der Waals surface area (Å²) in [4.78, 5) is 42.4. The molecule has 128 valence electrons. The standard InChI is InChI=1S/C17H14ClN3O3S/c18-9-5-6-12-13(7-9)25-17(19-12)20-14(22)8-21-15(23)10-3-1-2-4-11(10)16(21)24/h1-2,5-7,10-11H,3-4,8H2,(H,19,20,22). The van der Waals surface area contributed by atoms with E-state index in [0.717, 1.165) is 15.1 Å². The first-order valence-corrected chi connectivity index (χ1v) is 9.08. The molecule has 25 heavy (non-hydrogen) atoms. The summed E-state index contributed by atoms with van der Waals surface area (Å²) >= 11 is 7.24. The third-order valence-electron chi connectivity index (χ3n) is 4.50. The van der Waals surface area contributed by atoms with Gasteiger partial charge in [-0.25, -0.2) is 4.98 Å². The molecule has 3 amide bonds. The number of thiazole rings is 1. The molecule has 8 heteroatoms. The second-order valence-electron chi connectivity index (χ2n) is 6.10. The summed E-state index contributed by atoms with van der Waals surface area (Å²) in [6.45, 7) is -0.276. The van der Waals surface area contributed by atoms with Crippen molar-refractivity contribution in [2.75, 3.05) is 11.9 Å². The van der Waals surface area contributed by atoms with E-state index in [1.165, 1.54) is 11.3 Å². The molecule has 1 aliphatic carbocycles. The van der Waals surface area contributed by atoms with Gasteiger partial charge in [-0.1, -0.05) is 35.1 Å². The Bertz CT molecular complexity index is 897. The van der Waals surface area contributed by atoms with E-state index >= 15 is 0 Å². The number of aromatic nitrogens is 1. The number of benzene rings is 1. The molecule has 2 heterocycles. The maximum atomic E-state index is 12.4. The topological polar surface area (TPSA) is 79.4 Å². The number of anilines is 1. The van der Waals surface area contributed by atoms with Gasteiger partial charge >= 0.3 is 0 Å². The third-order valence-corrected chi connectivity index (χ3v) is 5.67. The Morgan fingerprint density at radius 2 is 1.92 bits per heavy atom. The number of halogens is 1. The zero-order chi connectivity index (χ0) is 17.6. The number of likely N-dealkylation sites (tertiary alicyclic amines) is 1. The van der Waals surface area contributed by atoms with Gasteiger partial charge in [-0.05, 0) is 31.0 Å². The summed E-state index contributed by atoms with van der Waals surface area (Å²) in [6, 6.07) is 5.27. The number of allylic oxidation sites excluding steroid dienone is 2. The molecular weight excluding hydrogens is 362 g/mol. The number of carbonyl (C=O) groups excluding carboxylic acids is 3. The van der Waals surface area contributed by atoms with Gasteiger partial charge in [-0.15, -0.1) is 0 Å². The van der Waals surface area contributed by atoms with Crippen LogP contribution in [0.2, 0.25) is 5.02 Å². The van der Waals surface area contributed by atoms with Crippen molar-refractivity contribution in [2.45, 2.75) is 12.8 Å². The van der Waals surface area contributed by atoms with Crippen molar-refractivity contribution in [2.24, 2.45) is 11.8 Å². The zero-order valence-electron chi connectivity index (χ0n) is 13.1. The lowest BCUT2D eigenvalue weighted by molar-refractivity contribution is -0.142. The molecule has 1 aliphatic heterocycles. The van der Waals surface area contributed by atoms with Gasteiger partial charge in [-0.2, -0.15) is 0 Å². The van der Waals surface area contributed by atoms with Crippen LogP contribution in [0.1, 0.15) is 12.8 Å². The first kappa shape index (κ1) is 16.2. The number of amides is 3. The van der Waals surface area contributed by atoms with E-state index in [0.29, 0.717) is 23.0 Å². The van der Waals surface area contributed by atoms with E-state index in [9.17, 15) is 14.4 Å². The third kappa shape index (κ3) is 2.94. The van der Waals surface area contributed by atoms with Crippen LogP contribution in [0.5, 0.6) is 0 Å². The molecular formula is C17H14ClN3O3S. The molecule has 1 saturated heterocycles. The van der Waals surface area contributed by atoms with Crippen LogP contribution in [0.3, 0.4) is 0 Å². The molecule has 2 aromatic rings. The Labute approximate surface area is 152 Å². The van der Waals surface area contributed by atoms with Crippen LogP contribution in [0.4, 0.5) is 5.13 Å². The SMILES string of the molecule is O=C(CN1C(=O)C2CC=CCC2C1=O)Nc1nc2ccc(Cl)cc2s1. The second-order valence-corrected chi connectivity index (χ2v) is 7.56. The monoisotopic (exact) mass is 375 g/mol. The quantitative estimate of drug-likeness (QED) is 0.660. The fraction of sp³-hybridized carbons (Fsp3) is 0.294. The number of hydrogen-bond donors (Lipinski definition) is 1. The van der Waals surface area contributed by atoms with Gasteiger partial charge in [0.25, 0.3) is 0 Å². The summed E-state index contributed by atoms with van der Waals surface area (Å²) in [6.07, 6.45) is 4.96. The van der Waals surface area contributed by atoms with Crippen molar-refractivity contribution in [3.8, 4) is 0 Å². The summed E-state index contributed by atoms with van der Waals surface area (Å²) < 4.78 is 0.855. The largest absolute Gasteiger partial charge is 0.300 e. The Hall–Kier alpha value is -2.25. The Balaban J connectivity index is 1.46. The predicted octanol–water partition coefficient (Wildman–Crippen LogP) is 2.84. The highest BCUT2D eigenvalue weighted by molar-refractivity contribution is 7.22. The summed E-state index contributed by atoms with van der Waals surface area (Å²) in [7, 11) is 0. The molecule has 0 spiro atoms. The van der Waals surface area contributed by atoms with Crippen molar-refractivity contribution < 1.29 is 14.4 Å². The average Bonchev–Trinajstić information content (AvgIpc) is 3.09. The molecule has 2 unspecified atom stereocenters. The van der Waals surface area contributed by atoms with Crippen LogP contribution in [0.15, 0.2) is 30.4 Å². The van der Waals surface area contributed by atoms with Crippen LogP contribution in [-0.2, 0) is 14.4 Å². The van der Waals surface area contributed by atoms with E-state index in [4.69, 9.17) is 11.6 Å². The fourth-order valence-electron chi connectivity index (χ4n) is 3.28. The molecule has 6 nitrogen and oxygen atoms in total. The number of nitrogens with one attached hydrogen (secondary N) is 1. The van der Waals surface area contributed by atoms with Crippen molar-refractivity contribution in [3.63, 3.8) is 0 Å². The van der Waals surface area contributed by atoms with Crippen molar-refractivity contribution in [1.29, 1.82) is 0 Å². The lowest BCUT2D eigenvalue weighted by atomic mass is 9.85.